The average Bonchev–Trinajstić information content (AvgIpc) is 2.35. The van der Waals surface area contributed by atoms with Gasteiger partial charge < -0.3 is 10.5 Å². The molecule has 1 aromatic carbocycles. The van der Waals surface area contributed by atoms with Gasteiger partial charge in [-0.05, 0) is 6.07 Å². The molecule has 0 atom stereocenters. The second-order valence-corrected chi connectivity index (χ2v) is 3.37. The zero-order valence-corrected chi connectivity index (χ0v) is 8.53. The first-order valence-corrected chi connectivity index (χ1v) is 4.57. The number of halogens is 2. The van der Waals surface area contributed by atoms with Crippen LogP contribution in [0.25, 0.3) is 0 Å². The lowest BCUT2D eigenvalue weighted by molar-refractivity contribution is -0.113. The maximum absolute atomic E-state index is 13.4. The number of benzene rings is 1. The molecule has 1 aliphatic heterocycles. The van der Waals surface area contributed by atoms with Gasteiger partial charge in [-0.2, -0.15) is 0 Å². The number of carbonyl (C=O) groups is 3. The van der Waals surface area contributed by atoms with Crippen LogP contribution >= 0.6 is 0 Å². The minimum atomic E-state index is -1.47. The van der Waals surface area contributed by atoms with Gasteiger partial charge in [0, 0.05) is 6.07 Å². The molecule has 8 heteroatoms. The van der Waals surface area contributed by atoms with Crippen molar-refractivity contribution in [3.63, 3.8) is 0 Å². The normalized spacial score (nSPS) is 17.4. The Bertz CT molecular complexity index is 625. The molecule has 0 aromatic heterocycles. The fourth-order valence-electron chi connectivity index (χ4n) is 1.50. The number of amides is 1. The SMILES string of the molecule is O=C1Nc2cc(F)cc(F)c2C(=O)C(=O)/C1=N\O. The summed E-state index contributed by atoms with van der Waals surface area (Å²) in [6.07, 6.45) is 0. The Morgan fingerprint density at radius 2 is 1.78 bits per heavy atom. The molecule has 0 spiro atoms. The summed E-state index contributed by atoms with van der Waals surface area (Å²) in [5.74, 6) is -6.41. The standard InChI is InChI=1S/C10H4F2N2O4/c11-3-1-4(12)6-5(2-3)13-10(17)7(14-18)9(16)8(6)15/h1-2,18H,(H,13,17)/b14-7+. The largest absolute Gasteiger partial charge is 0.410 e. The quantitative estimate of drug-likeness (QED) is 0.400. The average molecular weight is 254 g/mol. The first kappa shape index (κ1) is 11.8. The van der Waals surface area contributed by atoms with Crippen LogP contribution in [0.3, 0.4) is 0 Å². The van der Waals surface area contributed by atoms with Gasteiger partial charge in [-0.25, -0.2) is 8.78 Å². The van der Waals surface area contributed by atoms with Gasteiger partial charge in [0.25, 0.3) is 11.7 Å². The summed E-state index contributed by atoms with van der Waals surface area (Å²) >= 11 is 0. The van der Waals surface area contributed by atoms with Crippen LogP contribution in [0.5, 0.6) is 0 Å². The highest BCUT2D eigenvalue weighted by Gasteiger charge is 2.36. The summed E-state index contributed by atoms with van der Waals surface area (Å²) in [5.41, 5.74) is -2.35. The van der Waals surface area contributed by atoms with Gasteiger partial charge in [-0.3, -0.25) is 14.4 Å². The van der Waals surface area contributed by atoms with Gasteiger partial charge >= 0.3 is 0 Å². The minimum absolute atomic E-state index is 0.400. The maximum atomic E-state index is 13.4. The monoisotopic (exact) mass is 254 g/mol. The second-order valence-electron chi connectivity index (χ2n) is 3.37. The Kier molecular flexibility index (Phi) is 2.62. The third-order valence-electron chi connectivity index (χ3n) is 2.27. The third kappa shape index (κ3) is 1.63. The molecule has 1 aliphatic rings. The molecule has 0 fully saturated rings. The van der Waals surface area contributed by atoms with Gasteiger partial charge in [0.15, 0.2) is 0 Å². The summed E-state index contributed by atoms with van der Waals surface area (Å²) in [6.45, 7) is 0. The van der Waals surface area contributed by atoms with Crippen molar-refractivity contribution in [2.75, 3.05) is 5.32 Å². The van der Waals surface area contributed by atoms with Crippen LogP contribution in [0.2, 0.25) is 0 Å². The minimum Gasteiger partial charge on any atom is -0.410 e. The molecule has 2 N–H and O–H groups in total. The molecule has 6 nitrogen and oxygen atoms in total. The Morgan fingerprint density at radius 1 is 1.11 bits per heavy atom. The van der Waals surface area contributed by atoms with Crippen LogP contribution in [0.1, 0.15) is 10.4 Å². The van der Waals surface area contributed by atoms with E-state index >= 15 is 0 Å². The number of nitrogens with one attached hydrogen (secondary N) is 1. The number of carbonyl (C=O) groups excluding carboxylic acids is 3. The van der Waals surface area contributed by atoms with Crippen molar-refractivity contribution in [3.05, 3.63) is 29.3 Å². The first-order valence-electron chi connectivity index (χ1n) is 4.57. The smallest absolute Gasteiger partial charge is 0.281 e. The van der Waals surface area contributed by atoms with Crippen LogP contribution in [-0.4, -0.2) is 28.4 Å². The van der Waals surface area contributed by atoms with E-state index in [1.165, 1.54) is 0 Å². The Labute approximate surface area is 97.9 Å². The van der Waals surface area contributed by atoms with E-state index in [9.17, 15) is 23.2 Å². The first-order chi connectivity index (χ1) is 8.45. The van der Waals surface area contributed by atoms with Crippen molar-refractivity contribution in [2.24, 2.45) is 5.16 Å². The van der Waals surface area contributed by atoms with Gasteiger partial charge in [0.1, 0.15) is 11.6 Å². The Morgan fingerprint density at radius 3 is 2.39 bits per heavy atom. The van der Waals surface area contributed by atoms with Gasteiger partial charge in [-0.1, -0.05) is 5.16 Å². The molecule has 0 radical (unpaired) electrons. The zero-order valence-electron chi connectivity index (χ0n) is 8.53. The van der Waals surface area contributed by atoms with Crippen LogP contribution in [0.15, 0.2) is 17.3 Å². The van der Waals surface area contributed by atoms with E-state index in [2.05, 4.69) is 5.16 Å². The van der Waals surface area contributed by atoms with Gasteiger partial charge in [0.2, 0.25) is 11.5 Å². The highest BCUT2D eigenvalue weighted by Crippen LogP contribution is 2.24. The van der Waals surface area contributed by atoms with E-state index in [-0.39, 0.29) is 0 Å². The summed E-state index contributed by atoms with van der Waals surface area (Å²) in [5, 5.41) is 12.8. The zero-order chi connectivity index (χ0) is 13.4. The highest BCUT2D eigenvalue weighted by atomic mass is 19.1. The van der Waals surface area contributed by atoms with Crippen LogP contribution in [0.4, 0.5) is 14.5 Å². The van der Waals surface area contributed by atoms with E-state index in [4.69, 9.17) is 5.21 Å². The molecule has 0 aliphatic carbocycles. The predicted molar refractivity (Wildman–Crippen MR) is 53.5 cm³/mol. The molecule has 0 bridgehead atoms. The molecule has 0 saturated carbocycles. The number of oxime groups is 1. The van der Waals surface area contributed by atoms with Crippen LogP contribution in [-0.2, 0) is 9.59 Å². The predicted octanol–water partition coefficient (Wildman–Crippen LogP) is 0.499. The van der Waals surface area contributed by atoms with Gasteiger partial charge in [0.05, 0.1) is 11.3 Å². The lowest BCUT2D eigenvalue weighted by atomic mass is 10.0. The van der Waals surface area contributed by atoms with Crippen molar-refractivity contribution >= 4 is 28.9 Å². The Hall–Kier alpha value is -2.64. The molecule has 2 rings (SSSR count). The van der Waals surface area contributed by atoms with Crippen LogP contribution < -0.4 is 5.32 Å². The van der Waals surface area contributed by atoms with Gasteiger partial charge in [-0.15, -0.1) is 0 Å². The number of hydrogen-bond donors (Lipinski definition) is 2. The lowest BCUT2D eigenvalue weighted by Crippen LogP contribution is -2.31. The van der Waals surface area contributed by atoms with E-state index in [0.717, 1.165) is 0 Å². The van der Waals surface area contributed by atoms with E-state index in [1.54, 1.807) is 0 Å². The number of fused-ring (bicyclic) bond motifs is 1. The Balaban J connectivity index is 2.72. The molecule has 1 amide bonds. The van der Waals surface area contributed by atoms with Crippen molar-refractivity contribution in [1.29, 1.82) is 0 Å². The summed E-state index contributed by atoms with van der Waals surface area (Å²) in [7, 11) is 0. The molecule has 1 heterocycles. The maximum Gasteiger partial charge on any atom is 0.281 e. The molecular weight excluding hydrogens is 250 g/mol. The highest BCUT2D eigenvalue weighted by molar-refractivity contribution is 6.83. The van der Waals surface area contributed by atoms with Crippen molar-refractivity contribution in [2.45, 2.75) is 0 Å². The third-order valence-corrected chi connectivity index (χ3v) is 2.27. The summed E-state index contributed by atoms with van der Waals surface area (Å²) < 4.78 is 26.4. The number of anilines is 1. The number of Topliss-reactive ketones (excluding diaryl/α,β-unsaturated/α-hetero) is 2. The van der Waals surface area contributed by atoms with Crippen LogP contribution in [0, 0.1) is 11.6 Å². The molecule has 0 unspecified atom stereocenters. The number of rotatable bonds is 0. The summed E-state index contributed by atoms with van der Waals surface area (Å²) in [6, 6.07) is 1.08. The van der Waals surface area contributed by atoms with Crippen molar-refractivity contribution < 1.29 is 28.4 Å². The van der Waals surface area contributed by atoms with E-state index in [1.807, 2.05) is 5.32 Å². The molecular formula is C10H4F2N2O4. The van der Waals surface area contributed by atoms with Crippen molar-refractivity contribution in [3.8, 4) is 0 Å². The second kappa shape index (κ2) is 3.99. The molecule has 18 heavy (non-hydrogen) atoms. The summed E-state index contributed by atoms with van der Waals surface area (Å²) in [4.78, 5) is 34.4. The van der Waals surface area contributed by atoms with Crippen molar-refractivity contribution in [1.82, 2.24) is 0 Å². The van der Waals surface area contributed by atoms with E-state index < -0.39 is 46.1 Å². The number of ketones is 2. The fraction of sp³-hybridized carbons (Fsp3) is 0. The van der Waals surface area contributed by atoms with E-state index in [0.29, 0.717) is 12.1 Å². The number of nitrogens with zero attached hydrogens (tertiary/aromatic N) is 1. The number of hydrogen-bond acceptors (Lipinski definition) is 5. The lowest BCUT2D eigenvalue weighted by Gasteiger charge is -2.05. The fourth-order valence-corrected chi connectivity index (χ4v) is 1.50. The molecule has 92 valence electrons. The topological polar surface area (TPSA) is 95.8 Å². The molecule has 1 aromatic rings. The molecule has 0 saturated heterocycles.